The molecule has 0 spiro atoms. The van der Waals surface area contributed by atoms with Gasteiger partial charge in [-0.2, -0.15) is 9.57 Å². The Kier molecular flexibility index (Phi) is 6.20. The van der Waals surface area contributed by atoms with Gasteiger partial charge < -0.3 is 9.80 Å². The van der Waals surface area contributed by atoms with Crippen LogP contribution in [0.2, 0.25) is 0 Å². The van der Waals surface area contributed by atoms with Gasteiger partial charge in [-0.05, 0) is 49.2 Å². The largest absolute Gasteiger partial charge is 0.371 e. The van der Waals surface area contributed by atoms with Gasteiger partial charge in [0.2, 0.25) is 15.9 Å². The van der Waals surface area contributed by atoms with E-state index in [9.17, 15) is 13.2 Å². The van der Waals surface area contributed by atoms with E-state index in [1.807, 2.05) is 18.2 Å². The average Bonchev–Trinajstić information content (AvgIpc) is 2.84. The van der Waals surface area contributed by atoms with Crippen LogP contribution in [0.15, 0.2) is 53.7 Å². The second-order valence-corrected chi connectivity index (χ2v) is 9.77. The van der Waals surface area contributed by atoms with Gasteiger partial charge in [-0.25, -0.2) is 8.42 Å². The maximum atomic E-state index is 13.0. The Morgan fingerprint density at radius 1 is 0.935 bits per heavy atom. The lowest BCUT2D eigenvalue weighted by Gasteiger charge is -2.38. The zero-order valence-corrected chi connectivity index (χ0v) is 18.0. The van der Waals surface area contributed by atoms with Crippen LogP contribution in [0.1, 0.15) is 18.4 Å². The second kappa shape index (κ2) is 9.04. The molecule has 1 aromatic heterocycles. The van der Waals surface area contributed by atoms with Crippen LogP contribution in [0.25, 0.3) is 0 Å². The SMILES string of the molecule is N#Cc1ccc(S(=O)(=O)N2CCN(C(=O)C3CCN(c4ccncc4)CC3)CC2)cc1. The molecule has 2 saturated heterocycles. The number of sulfonamides is 1. The highest BCUT2D eigenvalue weighted by atomic mass is 32.2. The summed E-state index contributed by atoms with van der Waals surface area (Å²) < 4.78 is 27.2. The molecule has 1 aromatic carbocycles. The molecule has 9 heteroatoms. The number of carbonyl (C=O) groups excluding carboxylic acids is 1. The Labute approximate surface area is 182 Å². The van der Waals surface area contributed by atoms with Gasteiger partial charge in [0.15, 0.2) is 0 Å². The normalized spacial score (nSPS) is 18.5. The number of nitrogens with zero attached hydrogens (tertiary/aromatic N) is 5. The molecule has 0 radical (unpaired) electrons. The number of rotatable bonds is 4. The van der Waals surface area contributed by atoms with Gasteiger partial charge in [-0.1, -0.05) is 0 Å². The van der Waals surface area contributed by atoms with E-state index < -0.39 is 10.0 Å². The molecular weight excluding hydrogens is 414 g/mol. The predicted molar refractivity (Wildman–Crippen MR) is 116 cm³/mol. The molecule has 8 nitrogen and oxygen atoms in total. The van der Waals surface area contributed by atoms with E-state index in [0.29, 0.717) is 18.7 Å². The lowest BCUT2D eigenvalue weighted by molar-refractivity contribution is -0.137. The van der Waals surface area contributed by atoms with Crippen LogP contribution in [0.4, 0.5) is 5.69 Å². The molecule has 2 fully saturated rings. The first-order valence-corrected chi connectivity index (χ1v) is 11.9. The van der Waals surface area contributed by atoms with Crippen molar-refractivity contribution in [1.29, 1.82) is 5.26 Å². The van der Waals surface area contributed by atoms with Crippen molar-refractivity contribution in [3.63, 3.8) is 0 Å². The number of benzene rings is 1. The Hall–Kier alpha value is -2.96. The summed E-state index contributed by atoms with van der Waals surface area (Å²) in [4.78, 5) is 21.3. The number of carbonyl (C=O) groups is 1. The van der Waals surface area contributed by atoms with Gasteiger partial charge in [0.1, 0.15) is 0 Å². The van der Waals surface area contributed by atoms with E-state index in [1.165, 1.54) is 28.6 Å². The molecule has 3 heterocycles. The lowest BCUT2D eigenvalue weighted by Crippen LogP contribution is -2.52. The van der Waals surface area contributed by atoms with E-state index in [4.69, 9.17) is 5.26 Å². The summed E-state index contributed by atoms with van der Waals surface area (Å²) in [6.45, 7) is 3.02. The topological polar surface area (TPSA) is 97.6 Å². The summed E-state index contributed by atoms with van der Waals surface area (Å²) in [5.41, 5.74) is 1.55. The fourth-order valence-electron chi connectivity index (χ4n) is 4.20. The molecule has 2 aliphatic heterocycles. The van der Waals surface area contributed by atoms with Gasteiger partial charge >= 0.3 is 0 Å². The van der Waals surface area contributed by atoms with Crippen molar-refractivity contribution in [3.05, 3.63) is 54.4 Å². The van der Waals surface area contributed by atoms with E-state index >= 15 is 0 Å². The van der Waals surface area contributed by atoms with Crippen molar-refractivity contribution in [3.8, 4) is 6.07 Å². The number of anilines is 1. The minimum absolute atomic E-state index is 0.0141. The fourth-order valence-corrected chi connectivity index (χ4v) is 5.62. The first-order chi connectivity index (χ1) is 15.0. The molecule has 0 atom stereocenters. The van der Waals surface area contributed by atoms with Crippen LogP contribution in [0.3, 0.4) is 0 Å². The highest BCUT2D eigenvalue weighted by Crippen LogP contribution is 2.25. The Balaban J connectivity index is 1.31. The van der Waals surface area contributed by atoms with Gasteiger partial charge in [0.05, 0.1) is 16.5 Å². The number of hydrogen-bond acceptors (Lipinski definition) is 6. The average molecular weight is 440 g/mol. The summed E-state index contributed by atoms with van der Waals surface area (Å²) in [6.07, 6.45) is 5.14. The summed E-state index contributed by atoms with van der Waals surface area (Å²) in [7, 11) is -3.62. The van der Waals surface area contributed by atoms with Crippen LogP contribution in [0.5, 0.6) is 0 Å². The third-order valence-corrected chi connectivity index (χ3v) is 7.96. The molecule has 4 rings (SSSR count). The van der Waals surface area contributed by atoms with Gasteiger partial charge in [-0.15, -0.1) is 0 Å². The minimum Gasteiger partial charge on any atom is -0.371 e. The number of hydrogen-bond donors (Lipinski definition) is 0. The van der Waals surface area contributed by atoms with E-state index in [-0.39, 0.29) is 29.8 Å². The summed E-state index contributed by atoms with van der Waals surface area (Å²) in [5.74, 6) is 0.115. The molecule has 0 unspecified atom stereocenters. The van der Waals surface area contributed by atoms with Crippen molar-refractivity contribution < 1.29 is 13.2 Å². The van der Waals surface area contributed by atoms with Gasteiger partial charge in [-0.3, -0.25) is 9.78 Å². The molecule has 0 aliphatic carbocycles. The highest BCUT2D eigenvalue weighted by molar-refractivity contribution is 7.89. The van der Waals surface area contributed by atoms with Crippen LogP contribution in [-0.4, -0.2) is 67.8 Å². The molecule has 2 aliphatic rings. The lowest BCUT2D eigenvalue weighted by atomic mass is 9.94. The van der Waals surface area contributed by atoms with Crippen LogP contribution >= 0.6 is 0 Å². The first kappa shape index (κ1) is 21.3. The number of amides is 1. The maximum Gasteiger partial charge on any atom is 0.243 e. The molecule has 0 saturated carbocycles. The van der Waals surface area contributed by atoms with Gasteiger partial charge in [0, 0.05) is 63.3 Å². The quantitative estimate of drug-likeness (QED) is 0.719. The summed E-state index contributed by atoms with van der Waals surface area (Å²) in [5, 5.41) is 8.89. The zero-order chi connectivity index (χ0) is 21.8. The third kappa shape index (κ3) is 4.55. The monoisotopic (exact) mass is 439 g/mol. The minimum atomic E-state index is -3.62. The zero-order valence-electron chi connectivity index (χ0n) is 17.2. The Bertz CT molecular complexity index is 1050. The van der Waals surface area contributed by atoms with Crippen molar-refractivity contribution >= 4 is 21.6 Å². The second-order valence-electron chi connectivity index (χ2n) is 7.83. The summed E-state index contributed by atoms with van der Waals surface area (Å²) in [6, 6.07) is 11.9. The van der Waals surface area contributed by atoms with Crippen molar-refractivity contribution in [2.45, 2.75) is 17.7 Å². The summed E-state index contributed by atoms with van der Waals surface area (Å²) >= 11 is 0. The fraction of sp³-hybridized carbons (Fsp3) is 0.409. The number of pyridine rings is 1. The van der Waals surface area contributed by atoms with E-state index in [1.54, 1.807) is 17.3 Å². The third-order valence-electron chi connectivity index (χ3n) is 6.04. The smallest absolute Gasteiger partial charge is 0.243 e. The molecule has 0 bridgehead atoms. The molecule has 162 valence electrons. The molecule has 2 aromatic rings. The predicted octanol–water partition coefficient (Wildman–Crippen LogP) is 1.70. The molecule has 0 N–H and O–H groups in total. The van der Waals surface area contributed by atoms with E-state index in [2.05, 4.69) is 9.88 Å². The Morgan fingerprint density at radius 3 is 2.13 bits per heavy atom. The van der Waals surface area contributed by atoms with Crippen molar-refractivity contribution in [1.82, 2.24) is 14.2 Å². The van der Waals surface area contributed by atoms with Crippen LogP contribution in [0, 0.1) is 17.2 Å². The van der Waals surface area contributed by atoms with Gasteiger partial charge in [0.25, 0.3) is 0 Å². The van der Waals surface area contributed by atoms with E-state index in [0.717, 1.165) is 31.6 Å². The first-order valence-electron chi connectivity index (χ1n) is 10.4. The highest BCUT2D eigenvalue weighted by Gasteiger charge is 2.33. The van der Waals surface area contributed by atoms with Crippen LogP contribution < -0.4 is 4.90 Å². The number of piperidine rings is 1. The molecule has 1 amide bonds. The van der Waals surface area contributed by atoms with Crippen molar-refractivity contribution in [2.75, 3.05) is 44.2 Å². The van der Waals surface area contributed by atoms with Crippen molar-refractivity contribution in [2.24, 2.45) is 5.92 Å². The van der Waals surface area contributed by atoms with Crippen LogP contribution in [-0.2, 0) is 14.8 Å². The molecule has 31 heavy (non-hydrogen) atoms. The number of aromatic nitrogens is 1. The number of piperazine rings is 1. The maximum absolute atomic E-state index is 13.0. The number of nitriles is 1. The standard InChI is InChI=1S/C22H25N5O3S/c23-17-18-1-3-21(4-2-18)31(29,30)27-15-13-26(14-16-27)22(28)19-7-11-25(12-8-19)20-5-9-24-10-6-20/h1-6,9-10,19H,7-8,11-16H2. The molecular formula is C22H25N5O3S. The Morgan fingerprint density at radius 2 is 1.55 bits per heavy atom.